The summed E-state index contributed by atoms with van der Waals surface area (Å²) in [7, 11) is -4.19. The zero-order valence-corrected chi connectivity index (χ0v) is 24.0. The van der Waals surface area contributed by atoms with E-state index in [1.807, 2.05) is 6.92 Å². The third kappa shape index (κ3) is 8.41. The molecule has 0 aliphatic carbocycles. The number of hydrogen-bond donors (Lipinski definition) is 5. The molecule has 0 spiro atoms. The van der Waals surface area contributed by atoms with Gasteiger partial charge in [0.05, 0.1) is 21.3 Å². The second kappa shape index (κ2) is 13.9. The summed E-state index contributed by atoms with van der Waals surface area (Å²) in [6.07, 6.45) is 1.75. The number of nitrogen functional groups attached to an aromatic ring is 2. The van der Waals surface area contributed by atoms with Gasteiger partial charge in [-0.25, -0.2) is 18.4 Å². The van der Waals surface area contributed by atoms with E-state index in [0.717, 1.165) is 18.9 Å². The normalized spacial score (nSPS) is 10.8. The van der Waals surface area contributed by atoms with Crippen molar-refractivity contribution in [2.24, 2.45) is 5.14 Å². The van der Waals surface area contributed by atoms with Crippen LogP contribution in [0.3, 0.4) is 0 Å². The molecule has 0 unspecified atom stereocenters. The number of nitrogens with two attached hydrogens (primary N) is 3. The number of nitrogens with zero attached hydrogens (tertiary/aromatic N) is 3. The first kappa shape index (κ1) is 31.4. The predicted octanol–water partition coefficient (Wildman–Crippen LogP) is 5.05. The Bertz CT molecular complexity index is 1640. The summed E-state index contributed by atoms with van der Waals surface area (Å²) in [5, 5.41) is 25.8. The number of benzene rings is 3. The van der Waals surface area contributed by atoms with E-state index in [1.165, 1.54) is 6.07 Å². The van der Waals surface area contributed by atoms with Crippen LogP contribution in [0.25, 0.3) is 11.3 Å². The highest BCUT2D eigenvalue weighted by Crippen LogP contribution is 2.37. The number of anilines is 3. The molecule has 0 saturated heterocycles. The van der Waals surface area contributed by atoms with Crippen LogP contribution in [0.4, 0.5) is 17.5 Å². The third-order valence-corrected chi connectivity index (χ3v) is 7.09. The number of hydrogen-bond acceptors (Lipinski definition) is 10. The SMILES string of the molecule is CCCCNc1cc(C(=O)O)cc(S(N)(=O)=O)c1Oc1ccccc1.Nc1nnc(-c2cccc(Cl)c2Cl)c(N)n1. The van der Waals surface area contributed by atoms with E-state index in [1.54, 1.807) is 48.5 Å². The number of carbonyl (C=O) groups is 1. The average molecular weight is 621 g/mol. The molecule has 12 nitrogen and oxygen atoms in total. The van der Waals surface area contributed by atoms with Gasteiger partial charge in [-0.2, -0.15) is 4.98 Å². The van der Waals surface area contributed by atoms with Gasteiger partial charge >= 0.3 is 5.97 Å². The van der Waals surface area contributed by atoms with Crippen LogP contribution in [0.2, 0.25) is 10.0 Å². The first-order valence-corrected chi connectivity index (χ1v) is 14.3. The molecule has 0 aliphatic heterocycles. The standard InChI is InChI=1S/C17H20N2O5S.C9H7Cl2N5/c1-2-3-9-19-14-10-12(17(20)21)11-15(25(18,22)23)16(14)24-13-7-5-4-6-8-13;10-5-3-1-2-4(6(5)11)7-8(12)14-9(13)16-15-7/h4-8,10-11,19H,2-3,9H2,1H3,(H,20,21)(H2,18,22,23);1-3H,(H4,12,13,14,16). The summed E-state index contributed by atoms with van der Waals surface area (Å²) < 4.78 is 29.7. The summed E-state index contributed by atoms with van der Waals surface area (Å²) in [6, 6.07) is 16.1. The van der Waals surface area contributed by atoms with E-state index in [-0.39, 0.29) is 33.7 Å². The van der Waals surface area contributed by atoms with Crippen LogP contribution in [0, 0.1) is 0 Å². The van der Waals surface area contributed by atoms with Gasteiger partial charge in [0.25, 0.3) is 0 Å². The minimum atomic E-state index is -4.19. The van der Waals surface area contributed by atoms with E-state index < -0.39 is 16.0 Å². The first-order valence-electron chi connectivity index (χ1n) is 12.0. The van der Waals surface area contributed by atoms with Gasteiger partial charge in [0.1, 0.15) is 16.3 Å². The van der Waals surface area contributed by atoms with E-state index in [0.29, 0.717) is 33.6 Å². The Hall–Kier alpha value is -4.17. The molecule has 1 heterocycles. The van der Waals surface area contributed by atoms with Crippen molar-refractivity contribution in [2.45, 2.75) is 24.7 Å². The van der Waals surface area contributed by atoms with Gasteiger partial charge in [0, 0.05) is 12.1 Å². The largest absolute Gasteiger partial charge is 0.478 e. The Morgan fingerprint density at radius 2 is 1.76 bits per heavy atom. The number of sulfonamides is 1. The van der Waals surface area contributed by atoms with Gasteiger partial charge in [0.15, 0.2) is 11.6 Å². The maximum atomic E-state index is 12.0. The number of aromatic nitrogens is 3. The quantitative estimate of drug-likeness (QED) is 0.156. The Morgan fingerprint density at radius 3 is 2.37 bits per heavy atom. The molecular weight excluding hydrogens is 593 g/mol. The monoisotopic (exact) mass is 619 g/mol. The van der Waals surface area contributed by atoms with Crippen molar-refractivity contribution >= 4 is 56.6 Å². The van der Waals surface area contributed by atoms with Crippen LogP contribution in [-0.2, 0) is 10.0 Å². The lowest BCUT2D eigenvalue weighted by Crippen LogP contribution is -2.16. The van der Waals surface area contributed by atoms with Crippen molar-refractivity contribution in [1.29, 1.82) is 0 Å². The second-order valence-electron chi connectivity index (χ2n) is 8.40. The van der Waals surface area contributed by atoms with Crippen LogP contribution in [0.1, 0.15) is 30.1 Å². The summed E-state index contributed by atoms with van der Waals surface area (Å²) in [4.78, 5) is 14.7. The lowest BCUT2D eigenvalue weighted by atomic mass is 10.1. The summed E-state index contributed by atoms with van der Waals surface area (Å²) >= 11 is 11.9. The maximum Gasteiger partial charge on any atom is 0.335 e. The van der Waals surface area contributed by atoms with Gasteiger partial charge in [0.2, 0.25) is 16.0 Å². The topological polar surface area (TPSA) is 209 Å². The fourth-order valence-electron chi connectivity index (χ4n) is 3.41. The van der Waals surface area contributed by atoms with E-state index in [2.05, 4.69) is 20.5 Å². The van der Waals surface area contributed by atoms with Crippen molar-refractivity contribution in [3.8, 4) is 22.8 Å². The summed E-state index contributed by atoms with van der Waals surface area (Å²) in [5.41, 5.74) is 12.0. The zero-order valence-electron chi connectivity index (χ0n) is 21.7. The Labute approximate surface area is 246 Å². The van der Waals surface area contributed by atoms with E-state index in [9.17, 15) is 18.3 Å². The number of halogens is 2. The molecule has 0 radical (unpaired) electrons. The number of aromatic carboxylic acids is 1. The predicted molar refractivity (Wildman–Crippen MR) is 159 cm³/mol. The molecule has 0 bridgehead atoms. The Kier molecular flexibility index (Phi) is 10.7. The fourth-order valence-corrected chi connectivity index (χ4v) is 4.50. The highest BCUT2D eigenvalue weighted by Gasteiger charge is 2.23. The van der Waals surface area contributed by atoms with Gasteiger partial charge < -0.3 is 26.6 Å². The van der Waals surface area contributed by atoms with Crippen molar-refractivity contribution in [1.82, 2.24) is 15.2 Å². The molecule has 8 N–H and O–H groups in total. The van der Waals surface area contributed by atoms with Crippen molar-refractivity contribution < 1.29 is 23.1 Å². The fraction of sp³-hybridized carbons (Fsp3) is 0.154. The molecule has 4 rings (SSSR count). The lowest BCUT2D eigenvalue weighted by molar-refractivity contribution is 0.0696. The van der Waals surface area contributed by atoms with Crippen LogP contribution in [-0.4, -0.2) is 41.2 Å². The number of para-hydroxylation sites is 1. The molecule has 0 saturated carbocycles. The molecule has 216 valence electrons. The van der Waals surface area contributed by atoms with Crippen molar-refractivity contribution in [3.63, 3.8) is 0 Å². The van der Waals surface area contributed by atoms with Gasteiger partial charge in [-0.05, 0) is 36.8 Å². The molecule has 15 heteroatoms. The number of carboxylic acids is 1. The van der Waals surface area contributed by atoms with Crippen molar-refractivity contribution in [2.75, 3.05) is 23.3 Å². The zero-order chi connectivity index (χ0) is 30.2. The van der Waals surface area contributed by atoms with Crippen LogP contribution >= 0.6 is 23.2 Å². The summed E-state index contributed by atoms with van der Waals surface area (Å²) in [5.74, 6) is -0.686. The van der Waals surface area contributed by atoms with E-state index >= 15 is 0 Å². The van der Waals surface area contributed by atoms with Crippen LogP contribution in [0.5, 0.6) is 11.5 Å². The van der Waals surface area contributed by atoms with E-state index in [4.69, 9.17) is 44.5 Å². The third-order valence-electron chi connectivity index (χ3n) is 5.35. The highest BCUT2D eigenvalue weighted by molar-refractivity contribution is 7.89. The highest BCUT2D eigenvalue weighted by atomic mass is 35.5. The molecule has 0 fully saturated rings. The van der Waals surface area contributed by atoms with Crippen LogP contribution < -0.4 is 26.7 Å². The van der Waals surface area contributed by atoms with Gasteiger partial charge in [-0.1, -0.05) is 66.9 Å². The number of rotatable bonds is 9. The average Bonchev–Trinajstić information content (AvgIpc) is 2.91. The number of primary sulfonamides is 1. The molecule has 3 aromatic carbocycles. The smallest absolute Gasteiger partial charge is 0.335 e. The van der Waals surface area contributed by atoms with Crippen LogP contribution in [0.15, 0.2) is 65.6 Å². The number of carboxylic acid groups (broad SMARTS) is 1. The Morgan fingerprint density at radius 1 is 1.05 bits per heavy atom. The molecule has 0 aliphatic rings. The van der Waals surface area contributed by atoms with Crippen molar-refractivity contribution in [3.05, 3.63) is 76.3 Å². The second-order valence-corrected chi connectivity index (χ2v) is 10.7. The summed E-state index contributed by atoms with van der Waals surface area (Å²) in [6.45, 7) is 2.54. The minimum absolute atomic E-state index is 0.0133. The molecule has 0 atom stereocenters. The first-order chi connectivity index (χ1) is 19.4. The Balaban J connectivity index is 0.000000248. The van der Waals surface area contributed by atoms with Gasteiger partial charge in [-0.15, -0.1) is 10.2 Å². The molecular formula is C26H27Cl2N7O5S. The van der Waals surface area contributed by atoms with Gasteiger partial charge in [-0.3, -0.25) is 0 Å². The molecule has 4 aromatic rings. The molecule has 41 heavy (non-hydrogen) atoms. The lowest BCUT2D eigenvalue weighted by Gasteiger charge is -2.17. The maximum absolute atomic E-state index is 12.0. The number of nitrogens with one attached hydrogen (secondary N) is 1. The minimum Gasteiger partial charge on any atom is -0.478 e. The number of ether oxygens (including phenoxy) is 1. The number of unbranched alkanes of at least 4 members (excludes halogenated alkanes) is 1. The molecule has 0 amide bonds. The molecule has 1 aromatic heterocycles.